The van der Waals surface area contributed by atoms with E-state index in [9.17, 15) is 4.79 Å². The Labute approximate surface area is 117 Å². The van der Waals surface area contributed by atoms with Crippen molar-refractivity contribution in [1.29, 1.82) is 0 Å². The summed E-state index contributed by atoms with van der Waals surface area (Å²) in [5.74, 6) is -1.06. The van der Waals surface area contributed by atoms with E-state index in [4.69, 9.17) is 10.8 Å². The Morgan fingerprint density at radius 2 is 2.15 bits per heavy atom. The van der Waals surface area contributed by atoms with E-state index in [1.807, 2.05) is 0 Å². The highest BCUT2D eigenvalue weighted by molar-refractivity contribution is 7.99. The summed E-state index contributed by atoms with van der Waals surface area (Å²) in [5, 5.41) is 9.70. The normalized spacial score (nSPS) is 10.8. The minimum atomic E-state index is -1.06. The summed E-state index contributed by atoms with van der Waals surface area (Å²) in [6.07, 6.45) is 2.93. The molecule has 3 rings (SSSR count). The Balaban J connectivity index is 2.05. The molecule has 3 aromatic rings. The van der Waals surface area contributed by atoms with Gasteiger partial charge in [-0.1, -0.05) is 17.8 Å². The number of nitrogens with zero attached hydrogens (tertiary/aromatic N) is 3. The summed E-state index contributed by atoms with van der Waals surface area (Å²) in [4.78, 5) is 26.9. The van der Waals surface area contributed by atoms with Crippen LogP contribution in [0.25, 0.3) is 11.2 Å². The zero-order valence-corrected chi connectivity index (χ0v) is 10.9. The molecule has 7 nitrogen and oxygen atoms in total. The maximum atomic E-state index is 11.1. The van der Waals surface area contributed by atoms with Crippen LogP contribution in [0.2, 0.25) is 0 Å². The molecule has 0 aliphatic carbocycles. The van der Waals surface area contributed by atoms with E-state index in [1.54, 1.807) is 12.1 Å². The SMILES string of the molecule is Nc1c(Sc2ncnc3nc[nH]c23)cccc1C(=O)O. The molecule has 2 aromatic heterocycles. The summed E-state index contributed by atoms with van der Waals surface area (Å²) in [7, 11) is 0. The lowest BCUT2D eigenvalue weighted by Crippen LogP contribution is -2.03. The molecule has 0 aliphatic rings. The summed E-state index contributed by atoms with van der Waals surface area (Å²) in [6.45, 7) is 0. The lowest BCUT2D eigenvalue weighted by atomic mass is 10.2. The molecule has 20 heavy (non-hydrogen) atoms. The molecule has 0 saturated carbocycles. The predicted octanol–water partition coefficient (Wildman–Crippen LogP) is 1.78. The molecule has 2 heterocycles. The second-order valence-electron chi connectivity index (χ2n) is 3.90. The molecule has 0 spiro atoms. The third kappa shape index (κ3) is 2.05. The third-order valence-corrected chi connectivity index (χ3v) is 3.77. The number of nitrogens with one attached hydrogen (secondary N) is 1. The number of imidazole rings is 1. The minimum Gasteiger partial charge on any atom is -0.478 e. The van der Waals surface area contributed by atoms with E-state index >= 15 is 0 Å². The molecule has 0 fully saturated rings. The van der Waals surface area contributed by atoms with Gasteiger partial charge < -0.3 is 15.8 Å². The number of carbonyl (C=O) groups is 1. The number of fused-ring (bicyclic) bond motifs is 1. The first kappa shape index (κ1) is 12.4. The molecule has 100 valence electrons. The van der Waals surface area contributed by atoms with Crippen LogP contribution in [-0.4, -0.2) is 31.0 Å². The van der Waals surface area contributed by atoms with E-state index in [2.05, 4.69) is 19.9 Å². The van der Waals surface area contributed by atoms with Crippen LogP contribution >= 0.6 is 11.8 Å². The second kappa shape index (κ2) is 4.82. The number of para-hydroxylation sites is 1. The minimum absolute atomic E-state index is 0.0740. The van der Waals surface area contributed by atoms with Gasteiger partial charge in [0.1, 0.15) is 16.9 Å². The van der Waals surface area contributed by atoms with Crippen molar-refractivity contribution in [2.45, 2.75) is 9.92 Å². The average molecular weight is 287 g/mol. The van der Waals surface area contributed by atoms with Gasteiger partial charge in [0.05, 0.1) is 17.6 Å². The second-order valence-corrected chi connectivity index (χ2v) is 4.94. The van der Waals surface area contributed by atoms with Crippen molar-refractivity contribution in [3.63, 3.8) is 0 Å². The molecular formula is C12H9N5O2S. The fraction of sp³-hybridized carbons (Fsp3) is 0. The largest absolute Gasteiger partial charge is 0.478 e. The number of nitrogens with two attached hydrogens (primary N) is 1. The molecule has 8 heteroatoms. The molecule has 0 aliphatic heterocycles. The zero-order valence-electron chi connectivity index (χ0n) is 10.1. The van der Waals surface area contributed by atoms with Gasteiger partial charge in [0, 0.05) is 4.90 Å². The van der Waals surface area contributed by atoms with Gasteiger partial charge in [-0.3, -0.25) is 0 Å². The van der Waals surface area contributed by atoms with Crippen LogP contribution in [0, 0.1) is 0 Å². The van der Waals surface area contributed by atoms with Gasteiger partial charge in [0.25, 0.3) is 0 Å². The number of aromatic nitrogens is 4. The number of carboxylic acid groups (broad SMARTS) is 1. The maximum absolute atomic E-state index is 11.1. The van der Waals surface area contributed by atoms with E-state index in [-0.39, 0.29) is 11.3 Å². The van der Waals surface area contributed by atoms with Crippen LogP contribution in [-0.2, 0) is 0 Å². The number of carboxylic acids is 1. The van der Waals surface area contributed by atoms with Crippen molar-refractivity contribution in [2.24, 2.45) is 0 Å². The maximum Gasteiger partial charge on any atom is 0.337 e. The Bertz CT molecular complexity index is 801. The van der Waals surface area contributed by atoms with Crippen molar-refractivity contribution in [3.8, 4) is 0 Å². The molecule has 0 atom stereocenters. The van der Waals surface area contributed by atoms with E-state index in [1.165, 1.54) is 30.5 Å². The van der Waals surface area contributed by atoms with Crippen molar-refractivity contribution in [1.82, 2.24) is 19.9 Å². The van der Waals surface area contributed by atoms with Crippen molar-refractivity contribution >= 4 is 34.6 Å². The number of hydrogen-bond donors (Lipinski definition) is 3. The van der Waals surface area contributed by atoms with Crippen LogP contribution in [0.1, 0.15) is 10.4 Å². The number of hydrogen-bond acceptors (Lipinski definition) is 6. The monoisotopic (exact) mass is 287 g/mol. The highest BCUT2D eigenvalue weighted by Crippen LogP contribution is 2.34. The van der Waals surface area contributed by atoms with Crippen molar-refractivity contribution in [3.05, 3.63) is 36.4 Å². The predicted molar refractivity (Wildman–Crippen MR) is 73.6 cm³/mol. The van der Waals surface area contributed by atoms with Gasteiger partial charge in [0.15, 0.2) is 5.65 Å². The van der Waals surface area contributed by atoms with Gasteiger partial charge >= 0.3 is 5.97 Å². The smallest absolute Gasteiger partial charge is 0.337 e. The summed E-state index contributed by atoms with van der Waals surface area (Å²) in [6, 6.07) is 4.86. The number of rotatable bonds is 3. The number of nitrogen functional groups attached to an aromatic ring is 1. The first-order chi connectivity index (χ1) is 9.66. The number of aromatic amines is 1. The lowest BCUT2D eigenvalue weighted by Gasteiger charge is -2.07. The lowest BCUT2D eigenvalue weighted by molar-refractivity contribution is 0.0698. The van der Waals surface area contributed by atoms with Crippen LogP contribution in [0.3, 0.4) is 0 Å². The average Bonchev–Trinajstić information content (AvgIpc) is 2.90. The number of H-pyrrole nitrogens is 1. The first-order valence-electron chi connectivity index (χ1n) is 5.60. The Kier molecular flexibility index (Phi) is 2.99. The first-order valence-corrected chi connectivity index (χ1v) is 6.42. The van der Waals surface area contributed by atoms with Gasteiger partial charge in [-0.15, -0.1) is 0 Å². The number of anilines is 1. The third-order valence-electron chi connectivity index (χ3n) is 2.69. The summed E-state index contributed by atoms with van der Waals surface area (Å²) in [5.41, 5.74) is 7.42. The van der Waals surface area contributed by atoms with E-state index < -0.39 is 5.97 Å². The molecule has 0 bridgehead atoms. The topological polar surface area (TPSA) is 118 Å². The Hall–Kier alpha value is -2.61. The number of benzene rings is 1. The van der Waals surface area contributed by atoms with Crippen LogP contribution < -0.4 is 5.73 Å². The van der Waals surface area contributed by atoms with Gasteiger partial charge in [-0.25, -0.2) is 19.7 Å². The zero-order chi connectivity index (χ0) is 14.1. The molecule has 1 aromatic carbocycles. The molecule has 0 radical (unpaired) electrons. The van der Waals surface area contributed by atoms with E-state index in [0.29, 0.717) is 21.1 Å². The number of aromatic carboxylic acids is 1. The van der Waals surface area contributed by atoms with Crippen LogP contribution in [0.4, 0.5) is 5.69 Å². The van der Waals surface area contributed by atoms with Gasteiger partial charge in [-0.05, 0) is 12.1 Å². The van der Waals surface area contributed by atoms with Crippen LogP contribution in [0.15, 0.2) is 40.8 Å². The summed E-state index contributed by atoms with van der Waals surface area (Å²) < 4.78 is 0. The quantitative estimate of drug-likeness (QED) is 0.496. The van der Waals surface area contributed by atoms with Crippen LogP contribution in [0.5, 0.6) is 0 Å². The molecule has 0 saturated heterocycles. The van der Waals surface area contributed by atoms with Crippen molar-refractivity contribution < 1.29 is 9.90 Å². The fourth-order valence-electron chi connectivity index (χ4n) is 1.74. The fourth-order valence-corrected chi connectivity index (χ4v) is 2.67. The van der Waals surface area contributed by atoms with Crippen molar-refractivity contribution in [2.75, 3.05) is 5.73 Å². The highest BCUT2D eigenvalue weighted by Gasteiger charge is 2.14. The Morgan fingerprint density at radius 1 is 1.30 bits per heavy atom. The highest BCUT2D eigenvalue weighted by atomic mass is 32.2. The summed E-state index contributed by atoms with van der Waals surface area (Å²) >= 11 is 1.27. The molecular weight excluding hydrogens is 278 g/mol. The molecule has 0 amide bonds. The molecule has 4 N–H and O–H groups in total. The van der Waals surface area contributed by atoms with E-state index in [0.717, 1.165) is 0 Å². The Morgan fingerprint density at radius 3 is 2.95 bits per heavy atom. The standard InChI is InChI=1S/C12H9N5O2S/c13-8-6(12(18)19)2-1-3-7(8)20-11-9-10(15-4-14-9)16-5-17-11/h1-5H,13H2,(H,18,19)(H,14,15,16,17). The van der Waals surface area contributed by atoms with Gasteiger partial charge in [-0.2, -0.15) is 0 Å². The van der Waals surface area contributed by atoms with Gasteiger partial charge in [0.2, 0.25) is 0 Å². The molecule has 0 unspecified atom stereocenters.